The van der Waals surface area contributed by atoms with Crippen LogP contribution in [0.15, 0.2) is 29.7 Å². The summed E-state index contributed by atoms with van der Waals surface area (Å²) < 4.78 is 12.5. The number of rotatable bonds is 5. The average Bonchev–Trinajstić information content (AvgIpc) is 2.97. The molecule has 0 radical (unpaired) electrons. The smallest absolute Gasteiger partial charge is 0.192 e. The van der Waals surface area contributed by atoms with E-state index in [1.54, 1.807) is 18.3 Å². The molecule has 128 valence electrons. The molecule has 0 aromatic carbocycles. The van der Waals surface area contributed by atoms with Crippen molar-refractivity contribution in [3.8, 4) is 0 Å². The highest BCUT2D eigenvalue weighted by atomic mass is 32.1. The van der Waals surface area contributed by atoms with Gasteiger partial charge >= 0.3 is 0 Å². The second-order valence-corrected chi connectivity index (χ2v) is 13.5. The monoisotopic (exact) mass is 352 g/mol. The number of ether oxygens (including phenoxy) is 1. The average molecular weight is 353 g/mol. The highest BCUT2D eigenvalue weighted by Crippen LogP contribution is 2.38. The molecule has 0 saturated heterocycles. The molecule has 23 heavy (non-hydrogen) atoms. The Balaban J connectivity index is 2.11. The first kappa shape index (κ1) is 18.6. The minimum absolute atomic E-state index is 0.0707. The van der Waals surface area contributed by atoms with Gasteiger partial charge in [-0.05, 0) is 36.5 Å². The van der Waals surface area contributed by atoms with Gasteiger partial charge in [-0.1, -0.05) is 39.0 Å². The molecule has 3 nitrogen and oxygen atoms in total. The Morgan fingerprint density at radius 3 is 2.57 bits per heavy atom. The molecule has 2 rings (SSSR count). The van der Waals surface area contributed by atoms with Gasteiger partial charge < -0.3 is 9.16 Å². The Morgan fingerprint density at radius 2 is 2.04 bits per heavy atom. The highest BCUT2D eigenvalue weighted by Gasteiger charge is 2.39. The van der Waals surface area contributed by atoms with E-state index >= 15 is 0 Å². The lowest BCUT2D eigenvalue weighted by atomic mass is 9.94. The highest BCUT2D eigenvalue weighted by molar-refractivity contribution is 7.10. The minimum atomic E-state index is -1.85. The first-order chi connectivity index (χ1) is 10.6. The third-order valence-corrected chi connectivity index (χ3v) is 10.4. The van der Waals surface area contributed by atoms with E-state index in [0.29, 0.717) is 6.61 Å². The Kier molecular flexibility index (Phi) is 5.66. The zero-order chi connectivity index (χ0) is 17.3. The van der Waals surface area contributed by atoms with Crippen LogP contribution in [0.25, 0.3) is 0 Å². The quantitative estimate of drug-likeness (QED) is 0.554. The summed E-state index contributed by atoms with van der Waals surface area (Å²) in [4.78, 5) is 13.1. The van der Waals surface area contributed by atoms with E-state index in [9.17, 15) is 4.79 Å². The maximum absolute atomic E-state index is 12.0. The van der Waals surface area contributed by atoms with Crippen molar-refractivity contribution in [1.29, 1.82) is 0 Å². The molecule has 0 saturated carbocycles. The van der Waals surface area contributed by atoms with E-state index in [2.05, 4.69) is 39.9 Å². The number of ketones is 1. The van der Waals surface area contributed by atoms with Crippen molar-refractivity contribution in [3.05, 3.63) is 34.5 Å². The number of hydrogen-bond donors (Lipinski definition) is 0. The molecule has 1 aromatic rings. The van der Waals surface area contributed by atoms with Crippen LogP contribution >= 0.6 is 11.3 Å². The van der Waals surface area contributed by atoms with E-state index in [-0.39, 0.29) is 28.9 Å². The molecule has 0 aliphatic carbocycles. The summed E-state index contributed by atoms with van der Waals surface area (Å²) in [5, 5.41) is 2.20. The van der Waals surface area contributed by atoms with Gasteiger partial charge in [-0.3, -0.25) is 4.79 Å². The van der Waals surface area contributed by atoms with Gasteiger partial charge in [0.15, 0.2) is 8.32 Å². The van der Waals surface area contributed by atoms with Gasteiger partial charge in [0.1, 0.15) is 11.9 Å². The lowest BCUT2D eigenvalue weighted by Gasteiger charge is -2.39. The second-order valence-electron chi connectivity index (χ2n) is 7.70. The maximum Gasteiger partial charge on any atom is 0.192 e. The predicted molar refractivity (Wildman–Crippen MR) is 98.4 cm³/mol. The van der Waals surface area contributed by atoms with Crippen molar-refractivity contribution in [2.24, 2.45) is 5.92 Å². The topological polar surface area (TPSA) is 35.5 Å². The molecule has 0 bridgehead atoms. The molecule has 0 amide bonds. The fourth-order valence-corrected chi connectivity index (χ4v) is 4.08. The molecule has 0 N–H and O–H groups in total. The molecule has 1 aliphatic rings. The molecule has 2 heterocycles. The van der Waals surface area contributed by atoms with Crippen LogP contribution in [0.1, 0.15) is 38.7 Å². The van der Waals surface area contributed by atoms with Crippen molar-refractivity contribution in [2.75, 3.05) is 6.61 Å². The van der Waals surface area contributed by atoms with Crippen molar-refractivity contribution in [1.82, 2.24) is 0 Å². The molecular weight excluding hydrogens is 324 g/mol. The van der Waals surface area contributed by atoms with Gasteiger partial charge in [0, 0.05) is 4.88 Å². The number of Topliss-reactive ketones (excluding diaryl/α,β-unsaturated/α-hetero) is 1. The summed E-state index contributed by atoms with van der Waals surface area (Å²) in [6, 6.07) is 4.09. The van der Waals surface area contributed by atoms with Crippen molar-refractivity contribution < 1.29 is 14.0 Å². The predicted octanol–water partition coefficient (Wildman–Crippen LogP) is 4.97. The zero-order valence-corrected chi connectivity index (χ0v) is 16.8. The second kappa shape index (κ2) is 7.01. The third-order valence-electron chi connectivity index (χ3n) is 4.92. The normalized spacial score (nSPS) is 25.6. The van der Waals surface area contributed by atoms with Gasteiger partial charge in [0.2, 0.25) is 0 Å². The summed E-state index contributed by atoms with van der Waals surface area (Å²) in [6.45, 7) is 13.2. The van der Waals surface area contributed by atoms with E-state index in [1.807, 2.05) is 23.6 Å². The molecule has 0 unspecified atom stereocenters. The van der Waals surface area contributed by atoms with Gasteiger partial charge in [0.25, 0.3) is 0 Å². The molecular formula is C18H28O3SSi. The Labute approximate surface area is 144 Å². The molecule has 0 spiro atoms. The number of hydrogen-bond acceptors (Lipinski definition) is 4. The fourth-order valence-electron chi connectivity index (χ4n) is 2.33. The Bertz CT molecular complexity index is 557. The number of carbonyl (C=O) groups is 1. The van der Waals surface area contributed by atoms with Crippen molar-refractivity contribution in [3.63, 3.8) is 0 Å². The maximum atomic E-state index is 12.0. The molecule has 0 fully saturated rings. The summed E-state index contributed by atoms with van der Waals surface area (Å²) in [5.74, 6) is -0.0781. The van der Waals surface area contributed by atoms with Gasteiger partial charge in [-0.25, -0.2) is 0 Å². The summed E-state index contributed by atoms with van der Waals surface area (Å²) in [7, 11) is -1.85. The van der Waals surface area contributed by atoms with Crippen LogP contribution in [0.4, 0.5) is 0 Å². The summed E-state index contributed by atoms with van der Waals surface area (Å²) >= 11 is 1.68. The summed E-state index contributed by atoms with van der Waals surface area (Å²) in [5.41, 5.74) is 0. The molecule has 1 aliphatic heterocycles. The fraction of sp³-hybridized carbons (Fsp3) is 0.611. The molecule has 1 aromatic heterocycles. The van der Waals surface area contributed by atoms with Crippen molar-refractivity contribution in [2.45, 2.75) is 58.0 Å². The minimum Gasteiger partial charge on any atom is -0.414 e. The third kappa shape index (κ3) is 4.41. The lowest BCUT2D eigenvalue weighted by Crippen LogP contribution is -2.45. The van der Waals surface area contributed by atoms with E-state index < -0.39 is 8.32 Å². The number of thiophene rings is 1. The van der Waals surface area contributed by atoms with E-state index in [4.69, 9.17) is 9.16 Å². The first-order valence-electron chi connectivity index (χ1n) is 8.13. The van der Waals surface area contributed by atoms with Crippen LogP contribution < -0.4 is 0 Å². The zero-order valence-electron chi connectivity index (χ0n) is 15.0. The largest absolute Gasteiger partial charge is 0.414 e. The van der Waals surface area contributed by atoms with Crippen LogP contribution in [-0.4, -0.2) is 26.8 Å². The van der Waals surface area contributed by atoms with E-state index in [1.165, 1.54) is 4.88 Å². The van der Waals surface area contributed by atoms with Crippen LogP contribution in [0.3, 0.4) is 0 Å². The first-order valence-corrected chi connectivity index (χ1v) is 11.9. The van der Waals surface area contributed by atoms with Crippen LogP contribution in [-0.2, 0) is 14.0 Å². The summed E-state index contributed by atoms with van der Waals surface area (Å²) in [6.07, 6.45) is 3.72. The van der Waals surface area contributed by atoms with Crippen molar-refractivity contribution >= 4 is 25.4 Å². The Morgan fingerprint density at radius 1 is 1.35 bits per heavy atom. The van der Waals surface area contributed by atoms with E-state index in [0.717, 1.165) is 0 Å². The van der Waals surface area contributed by atoms with Gasteiger partial charge in [-0.15, -0.1) is 11.3 Å². The number of carbonyl (C=O) groups excluding carboxylic acids is 1. The van der Waals surface area contributed by atoms with Crippen LogP contribution in [0, 0.1) is 5.92 Å². The SMILES string of the molecule is CC(=O)[C@H]1C=C[C@H](c2cccs2)O[C@@H]1CO[Si](C)(C)C(C)(C)C. The van der Waals surface area contributed by atoms with Gasteiger partial charge in [0.05, 0.1) is 18.6 Å². The van der Waals surface area contributed by atoms with Crippen LogP contribution in [0.2, 0.25) is 18.1 Å². The molecule has 5 heteroatoms. The van der Waals surface area contributed by atoms with Gasteiger partial charge in [-0.2, -0.15) is 0 Å². The lowest BCUT2D eigenvalue weighted by molar-refractivity contribution is -0.128. The Hall–Kier alpha value is -0.753. The van der Waals surface area contributed by atoms with Crippen LogP contribution in [0.5, 0.6) is 0 Å². The standard InChI is InChI=1S/C18H28O3SSi/c1-13(19)14-9-10-15(17-8-7-11-22-17)21-16(14)12-20-23(5,6)18(2,3)4/h7-11,14-16H,12H2,1-6H3/t14-,15-,16-/m1/s1. The molecule has 3 atom stereocenters.